The predicted octanol–water partition coefficient (Wildman–Crippen LogP) is 1.68. The molecule has 6 heteroatoms. The number of anilines is 1. The van der Waals surface area contributed by atoms with Crippen molar-refractivity contribution in [1.29, 1.82) is 0 Å². The van der Waals surface area contributed by atoms with Crippen LogP contribution in [0.25, 0.3) is 0 Å². The van der Waals surface area contributed by atoms with Crippen LogP contribution < -0.4 is 24.6 Å². The molecule has 1 fully saturated rings. The number of quaternary nitrogens is 1. The molecule has 0 saturated carbocycles. The number of ether oxygens (including phenoxy) is 2. The highest BCUT2D eigenvalue weighted by Gasteiger charge is 2.26. The monoisotopic (exact) mass is 410 g/mol. The molecule has 0 radical (unpaired) electrons. The van der Waals surface area contributed by atoms with E-state index in [9.17, 15) is 4.79 Å². The smallest absolute Gasteiger partial charge is 0.275 e. The van der Waals surface area contributed by atoms with E-state index in [0.717, 1.165) is 43.2 Å². The standard InChI is InChI=1S/C24H31N3O3/c1-18(2)24(19-8-9-21-22(16-19)30-15-14-29-21)25-23(28)17-26-10-12-27(13-11-26)20-6-4-3-5-7-20/h3-9,16,18,24H,10-15,17H2,1-2H3,(H,25,28)/p+1/t24-/m1/s1. The summed E-state index contributed by atoms with van der Waals surface area (Å²) in [7, 11) is 0. The summed E-state index contributed by atoms with van der Waals surface area (Å²) < 4.78 is 11.3. The average molecular weight is 411 g/mol. The molecule has 0 aromatic heterocycles. The minimum absolute atomic E-state index is 0.0432. The molecule has 2 aromatic rings. The highest BCUT2D eigenvalue weighted by molar-refractivity contribution is 5.77. The number of nitrogens with zero attached hydrogens (tertiary/aromatic N) is 1. The number of fused-ring (bicyclic) bond motifs is 1. The van der Waals surface area contributed by atoms with Crippen molar-refractivity contribution in [3.8, 4) is 11.5 Å². The fraction of sp³-hybridized carbons (Fsp3) is 0.458. The Hall–Kier alpha value is -2.73. The Morgan fingerprint density at radius 1 is 1.03 bits per heavy atom. The van der Waals surface area contributed by atoms with Gasteiger partial charge in [-0.1, -0.05) is 38.1 Å². The number of piperazine rings is 1. The van der Waals surface area contributed by atoms with E-state index in [1.807, 2.05) is 24.3 Å². The quantitative estimate of drug-likeness (QED) is 0.761. The Kier molecular flexibility index (Phi) is 6.43. The van der Waals surface area contributed by atoms with Crippen LogP contribution in [0.1, 0.15) is 25.5 Å². The van der Waals surface area contributed by atoms with E-state index in [1.54, 1.807) is 0 Å². The normalized spacial score (nSPS) is 17.6. The van der Waals surface area contributed by atoms with E-state index in [1.165, 1.54) is 10.6 Å². The van der Waals surface area contributed by atoms with Crippen molar-refractivity contribution in [3.63, 3.8) is 0 Å². The molecular formula is C24H32N3O3+. The second-order valence-corrected chi connectivity index (χ2v) is 8.44. The van der Waals surface area contributed by atoms with Crippen LogP contribution in [0.4, 0.5) is 5.69 Å². The predicted molar refractivity (Wildman–Crippen MR) is 117 cm³/mol. The van der Waals surface area contributed by atoms with Crippen molar-refractivity contribution < 1.29 is 19.2 Å². The summed E-state index contributed by atoms with van der Waals surface area (Å²) in [5.41, 5.74) is 2.32. The van der Waals surface area contributed by atoms with Gasteiger partial charge in [0.1, 0.15) is 13.2 Å². The maximum absolute atomic E-state index is 12.8. The molecule has 2 N–H and O–H groups in total. The molecule has 0 unspecified atom stereocenters. The number of hydrogen-bond acceptors (Lipinski definition) is 4. The molecule has 2 aliphatic heterocycles. The van der Waals surface area contributed by atoms with Crippen LogP contribution in [0.3, 0.4) is 0 Å². The van der Waals surface area contributed by atoms with Gasteiger partial charge in [0.15, 0.2) is 18.0 Å². The molecule has 160 valence electrons. The van der Waals surface area contributed by atoms with Crippen LogP contribution in [-0.4, -0.2) is 51.8 Å². The highest BCUT2D eigenvalue weighted by atomic mass is 16.6. The van der Waals surface area contributed by atoms with Crippen molar-refractivity contribution >= 4 is 11.6 Å². The molecule has 1 saturated heterocycles. The number of hydrogen-bond donors (Lipinski definition) is 2. The number of amides is 1. The maximum Gasteiger partial charge on any atom is 0.275 e. The lowest BCUT2D eigenvalue weighted by Gasteiger charge is -2.33. The zero-order valence-electron chi connectivity index (χ0n) is 17.9. The summed E-state index contributed by atoms with van der Waals surface area (Å²) in [5.74, 6) is 1.93. The Balaban J connectivity index is 1.33. The van der Waals surface area contributed by atoms with Gasteiger partial charge in [-0.2, -0.15) is 0 Å². The van der Waals surface area contributed by atoms with Crippen LogP contribution in [0.2, 0.25) is 0 Å². The maximum atomic E-state index is 12.8. The third-order valence-electron chi connectivity index (χ3n) is 5.91. The largest absolute Gasteiger partial charge is 0.486 e. The number of benzene rings is 2. The molecule has 2 heterocycles. The molecule has 4 rings (SSSR count). The molecule has 0 bridgehead atoms. The first kappa shape index (κ1) is 20.5. The average Bonchev–Trinajstić information content (AvgIpc) is 2.78. The first-order chi connectivity index (χ1) is 14.6. The van der Waals surface area contributed by atoms with Gasteiger partial charge in [0.25, 0.3) is 5.91 Å². The number of carbonyl (C=O) groups excluding carboxylic acids is 1. The minimum Gasteiger partial charge on any atom is -0.486 e. The van der Waals surface area contributed by atoms with Crippen molar-refractivity contribution in [1.82, 2.24) is 5.32 Å². The van der Waals surface area contributed by atoms with Gasteiger partial charge in [0.05, 0.1) is 32.2 Å². The number of nitrogens with one attached hydrogen (secondary N) is 2. The summed E-state index contributed by atoms with van der Waals surface area (Å²) >= 11 is 0. The molecule has 2 aromatic carbocycles. The van der Waals surface area contributed by atoms with Gasteiger partial charge < -0.3 is 24.6 Å². The van der Waals surface area contributed by atoms with E-state index in [4.69, 9.17) is 9.47 Å². The van der Waals surface area contributed by atoms with Crippen molar-refractivity contribution in [3.05, 3.63) is 54.1 Å². The summed E-state index contributed by atoms with van der Waals surface area (Å²) in [6.45, 7) is 9.81. The second kappa shape index (κ2) is 9.39. The van der Waals surface area contributed by atoms with Crippen molar-refractivity contribution in [2.24, 2.45) is 5.92 Å². The van der Waals surface area contributed by atoms with Crippen LogP contribution in [0.5, 0.6) is 11.5 Å². The molecule has 1 atom stereocenters. The SMILES string of the molecule is CC(C)[C@@H](NC(=O)C[NH+]1CCN(c2ccccc2)CC1)c1ccc2c(c1)OCCO2. The molecule has 0 spiro atoms. The van der Waals surface area contributed by atoms with E-state index in [2.05, 4.69) is 48.3 Å². The van der Waals surface area contributed by atoms with E-state index < -0.39 is 0 Å². The lowest BCUT2D eigenvalue weighted by molar-refractivity contribution is -0.892. The second-order valence-electron chi connectivity index (χ2n) is 8.44. The molecule has 30 heavy (non-hydrogen) atoms. The van der Waals surface area contributed by atoms with E-state index in [0.29, 0.717) is 19.8 Å². The third-order valence-corrected chi connectivity index (χ3v) is 5.91. The molecule has 2 aliphatic rings. The lowest BCUT2D eigenvalue weighted by atomic mass is 9.95. The lowest BCUT2D eigenvalue weighted by Crippen LogP contribution is -3.16. The molecule has 6 nitrogen and oxygen atoms in total. The number of rotatable bonds is 6. The minimum atomic E-state index is -0.0432. The zero-order chi connectivity index (χ0) is 20.9. The van der Waals surface area contributed by atoms with Crippen LogP contribution in [0.15, 0.2) is 48.5 Å². The van der Waals surface area contributed by atoms with Crippen molar-refractivity contribution in [2.75, 3.05) is 50.8 Å². The van der Waals surface area contributed by atoms with Crippen LogP contribution in [-0.2, 0) is 4.79 Å². The van der Waals surface area contributed by atoms with Gasteiger partial charge in [0, 0.05) is 5.69 Å². The summed E-state index contributed by atoms with van der Waals surface area (Å²) in [6.07, 6.45) is 0. The fourth-order valence-electron chi connectivity index (χ4n) is 4.24. The van der Waals surface area contributed by atoms with Gasteiger partial charge in [0.2, 0.25) is 0 Å². The summed E-state index contributed by atoms with van der Waals surface area (Å²) in [5, 5.41) is 3.26. The summed E-state index contributed by atoms with van der Waals surface area (Å²) in [4.78, 5) is 16.6. The molecule has 1 amide bonds. The van der Waals surface area contributed by atoms with Crippen LogP contribution in [0, 0.1) is 5.92 Å². The first-order valence-electron chi connectivity index (χ1n) is 10.9. The van der Waals surface area contributed by atoms with E-state index in [-0.39, 0.29) is 17.9 Å². The van der Waals surface area contributed by atoms with Gasteiger partial charge in [-0.05, 0) is 35.7 Å². The number of para-hydroxylation sites is 1. The highest BCUT2D eigenvalue weighted by Crippen LogP contribution is 2.34. The molecule has 0 aliphatic carbocycles. The summed E-state index contributed by atoms with van der Waals surface area (Å²) in [6, 6.07) is 16.4. The first-order valence-corrected chi connectivity index (χ1v) is 10.9. The fourth-order valence-corrected chi connectivity index (χ4v) is 4.24. The van der Waals surface area contributed by atoms with Gasteiger partial charge >= 0.3 is 0 Å². The third kappa shape index (κ3) is 4.87. The zero-order valence-corrected chi connectivity index (χ0v) is 17.9. The molecular weight excluding hydrogens is 378 g/mol. The number of carbonyl (C=O) groups is 1. The Labute approximate surface area is 178 Å². The Bertz CT molecular complexity index is 848. The topological polar surface area (TPSA) is 55.2 Å². The van der Waals surface area contributed by atoms with Gasteiger partial charge in [-0.3, -0.25) is 4.79 Å². The van der Waals surface area contributed by atoms with Gasteiger partial charge in [-0.25, -0.2) is 0 Å². The van der Waals surface area contributed by atoms with Crippen LogP contribution >= 0.6 is 0 Å². The van der Waals surface area contributed by atoms with Crippen molar-refractivity contribution in [2.45, 2.75) is 19.9 Å². The Morgan fingerprint density at radius 3 is 2.43 bits per heavy atom. The van der Waals surface area contributed by atoms with Gasteiger partial charge in [-0.15, -0.1) is 0 Å². The van der Waals surface area contributed by atoms with E-state index >= 15 is 0 Å². The Morgan fingerprint density at radius 2 is 1.73 bits per heavy atom.